The average Bonchev–Trinajstić information content (AvgIpc) is 2.50. The number of carbonyl (C=O) groups is 1. The van der Waals surface area contributed by atoms with E-state index >= 15 is 0 Å². The van der Waals surface area contributed by atoms with Gasteiger partial charge in [-0.2, -0.15) is 0 Å². The zero-order valence-electron chi connectivity index (χ0n) is 13.9. The Morgan fingerprint density at radius 2 is 2.10 bits per heavy atom. The fraction of sp³-hybridized carbons (Fsp3) is 0.833. The van der Waals surface area contributed by atoms with Crippen LogP contribution < -0.4 is 0 Å². The van der Waals surface area contributed by atoms with E-state index in [1.807, 2.05) is 4.90 Å². The van der Waals surface area contributed by atoms with Crippen molar-refractivity contribution in [3.05, 3.63) is 11.6 Å². The highest BCUT2D eigenvalue weighted by Crippen LogP contribution is 2.33. The van der Waals surface area contributed by atoms with Gasteiger partial charge in [-0.15, -0.1) is 0 Å². The molecule has 1 aliphatic carbocycles. The first kappa shape index (κ1) is 16.5. The molecule has 0 N–H and O–H groups in total. The number of allylic oxidation sites excluding steroid dienone is 1. The largest absolute Gasteiger partial charge is 0.378 e. The zero-order valence-corrected chi connectivity index (χ0v) is 13.9. The predicted octanol–water partition coefficient (Wildman–Crippen LogP) is 3.64. The number of carbonyl (C=O) groups excluding carboxylic acids is 1. The van der Waals surface area contributed by atoms with Crippen molar-refractivity contribution in [1.29, 1.82) is 0 Å². The molecule has 1 fully saturated rings. The van der Waals surface area contributed by atoms with Crippen LogP contribution in [0.3, 0.4) is 0 Å². The normalized spacial score (nSPS) is 24.9. The van der Waals surface area contributed by atoms with Crippen molar-refractivity contribution in [2.75, 3.05) is 26.3 Å². The summed E-state index contributed by atoms with van der Waals surface area (Å²) in [5.74, 6) is 2.05. The van der Waals surface area contributed by atoms with Gasteiger partial charge in [0.25, 0.3) is 0 Å². The minimum Gasteiger partial charge on any atom is -0.378 e. The van der Waals surface area contributed by atoms with Crippen LogP contribution in [-0.2, 0) is 9.53 Å². The summed E-state index contributed by atoms with van der Waals surface area (Å²) in [6.45, 7) is 9.66. The fourth-order valence-electron chi connectivity index (χ4n) is 3.71. The fourth-order valence-corrected chi connectivity index (χ4v) is 3.71. The Balaban J connectivity index is 1.94. The maximum Gasteiger partial charge on any atom is 0.229 e. The second-order valence-electron chi connectivity index (χ2n) is 6.95. The van der Waals surface area contributed by atoms with Gasteiger partial charge in [0.05, 0.1) is 19.1 Å². The second kappa shape index (κ2) is 7.98. The Hall–Kier alpha value is -0.830. The number of rotatable bonds is 5. The number of nitrogens with zero attached hydrogens (tertiary/aromatic N) is 1. The van der Waals surface area contributed by atoms with Crippen LogP contribution in [0.25, 0.3) is 0 Å². The molecule has 0 spiro atoms. The van der Waals surface area contributed by atoms with Crippen molar-refractivity contribution in [2.45, 2.75) is 52.9 Å². The molecule has 2 atom stereocenters. The summed E-state index contributed by atoms with van der Waals surface area (Å²) in [7, 11) is 0. The van der Waals surface area contributed by atoms with E-state index in [-0.39, 0.29) is 5.92 Å². The highest BCUT2D eigenvalue weighted by atomic mass is 16.5. The van der Waals surface area contributed by atoms with Gasteiger partial charge >= 0.3 is 0 Å². The molecule has 2 unspecified atom stereocenters. The molecule has 1 amide bonds. The summed E-state index contributed by atoms with van der Waals surface area (Å²) < 4.78 is 5.35. The van der Waals surface area contributed by atoms with Gasteiger partial charge in [0, 0.05) is 13.1 Å². The molecule has 3 heteroatoms. The predicted molar refractivity (Wildman–Crippen MR) is 86.1 cm³/mol. The van der Waals surface area contributed by atoms with Crippen LogP contribution in [0.2, 0.25) is 0 Å². The lowest BCUT2D eigenvalue weighted by Crippen LogP contribution is -2.44. The quantitative estimate of drug-likeness (QED) is 0.724. The summed E-state index contributed by atoms with van der Waals surface area (Å²) in [6.07, 6.45) is 8.17. The van der Waals surface area contributed by atoms with Crippen LogP contribution >= 0.6 is 0 Å². The Morgan fingerprint density at radius 3 is 2.62 bits per heavy atom. The van der Waals surface area contributed by atoms with E-state index in [0.717, 1.165) is 37.8 Å². The van der Waals surface area contributed by atoms with Gasteiger partial charge in [-0.1, -0.05) is 32.4 Å². The smallest absolute Gasteiger partial charge is 0.229 e. The number of ether oxygens (including phenoxy) is 1. The Morgan fingerprint density at radius 1 is 1.38 bits per heavy atom. The van der Waals surface area contributed by atoms with Crippen LogP contribution in [-0.4, -0.2) is 37.1 Å². The van der Waals surface area contributed by atoms with Crippen LogP contribution in [0.5, 0.6) is 0 Å². The maximum absolute atomic E-state index is 12.7. The lowest BCUT2D eigenvalue weighted by Gasteiger charge is -2.33. The van der Waals surface area contributed by atoms with Gasteiger partial charge in [0.15, 0.2) is 0 Å². The van der Waals surface area contributed by atoms with Gasteiger partial charge in [-0.05, 0) is 43.9 Å². The molecule has 1 aliphatic heterocycles. The molecule has 120 valence electrons. The van der Waals surface area contributed by atoms with Crippen molar-refractivity contribution in [2.24, 2.45) is 17.8 Å². The van der Waals surface area contributed by atoms with Crippen molar-refractivity contribution in [1.82, 2.24) is 4.90 Å². The minimum atomic E-state index is 0.114. The van der Waals surface area contributed by atoms with Gasteiger partial charge in [0.1, 0.15) is 0 Å². The number of amides is 1. The molecule has 21 heavy (non-hydrogen) atoms. The third kappa shape index (κ3) is 4.57. The van der Waals surface area contributed by atoms with Gasteiger partial charge in [-0.25, -0.2) is 0 Å². The van der Waals surface area contributed by atoms with E-state index in [2.05, 4.69) is 26.8 Å². The van der Waals surface area contributed by atoms with E-state index in [9.17, 15) is 4.79 Å². The SMILES string of the molecule is CCC(C(=O)N1CCOCC1)C1=CCC(CC(C)C)CC1. The van der Waals surface area contributed by atoms with E-state index in [1.165, 1.54) is 24.8 Å². The van der Waals surface area contributed by atoms with Crippen molar-refractivity contribution < 1.29 is 9.53 Å². The summed E-state index contributed by atoms with van der Waals surface area (Å²) in [5.41, 5.74) is 1.40. The van der Waals surface area contributed by atoms with Crippen LogP contribution in [0.4, 0.5) is 0 Å². The molecule has 3 nitrogen and oxygen atoms in total. The van der Waals surface area contributed by atoms with Crippen LogP contribution in [0.1, 0.15) is 52.9 Å². The molecule has 0 saturated carbocycles. The highest BCUT2D eigenvalue weighted by molar-refractivity contribution is 5.81. The molecule has 2 rings (SSSR count). The molecular formula is C18H31NO2. The Labute approximate surface area is 129 Å². The van der Waals surface area contributed by atoms with Gasteiger partial charge in [-0.3, -0.25) is 4.79 Å². The Kier molecular flexibility index (Phi) is 6.28. The van der Waals surface area contributed by atoms with Crippen LogP contribution in [0.15, 0.2) is 11.6 Å². The first-order valence-corrected chi connectivity index (χ1v) is 8.67. The standard InChI is InChI=1S/C18H31NO2/c1-4-17(18(20)19-9-11-21-12-10-19)16-7-5-15(6-8-16)13-14(2)3/h7,14-15,17H,4-6,8-13H2,1-3H3. The van der Waals surface area contributed by atoms with Gasteiger partial charge < -0.3 is 9.64 Å². The first-order valence-electron chi connectivity index (χ1n) is 8.67. The molecule has 1 saturated heterocycles. The average molecular weight is 293 g/mol. The maximum atomic E-state index is 12.7. The van der Waals surface area contributed by atoms with E-state index in [0.29, 0.717) is 19.1 Å². The molecule has 0 radical (unpaired) electrons. The van der Waals surface area contributed by atoms with E-state index < -0.39 is 0 Å². The lowest BCUT2D eigenvalue weighted by atomic mass is 9.79. The Bertz CT molecular complexity index is 369. The lowest BCUT2D eigenvalue weighted by molar-refractivity contribution is -0.138. The minimum absolute atomic E-state index is 0.114. The summed E-state index contributed by atoms with van der Waals surface area (Å²) in [4.78, 5) is 14.7. The first-order chi connectivity index (χ1) is 10.1. The van der Waals surface area contributed by atoms with Crippen molar-refractivity contribution >= 4 is 5.91 Å². The molecule has 0 aromatic heterocycles. The molecular weight excluding hydrogens is 262 g/mol. The topological polar surface area (TPSA) is 29.5 Å². The van der Waals surface area contributed by atoms with Crippen molar-refractivity contribution in [3.8, 4) is 0 Å². The molecule has 1 heterocycles. The molecule has 0 aromatic carbocycles. The summed E-state index contributed by atoms with van der Waals surface area (Å²) in [6, 6.07) is 0. The molecule has 0 bridgehead atoms. The molecule has 2 aliphatic rings. The van der Waals surface area contributed by atoms with Gasteiger partial charge in [0.2, 0.25) is 5.91 Å². The summed E-state index contributed by atoms with van der Waals surface area (Å²) in [5, 5.41) is 0. The number of hydrogen-bond donors (Lipinski definition) is 0. The second-order valence-corrected chi connectivity index (χ2v) is 6.95. The van der Waals surface area contributed by atoms with Crippen molar-refractivity contribution in [3.63, 3.8) is 0 Å². The zero-order chi connectivity index (χ0) is 15.2. The monoisotopic (exact) mass is 293 g/mol. The highest BCUT2D eigenvalue weighted by Gasteiger charge is 2.29. The van der Waals surface area contributed by atoms with E-state index in [1.54, 1.807) is 0 Å². The third-order valence-corrected chi connectivity index (χ3v) is 4.84. The summed E-state index contributed by atoms with van der Waals surface area (Å²) >= 11 is 0. The third-order valence-electron chi connectivity index (χ3n) is 4.84. The number of hydrogen-bond acceptors (Lipinski definition) is 2. The van der Waals surface area contributed by atoms with Crippen LogP contribution in [0, 0.1) is 17.8 Å². The number of morpholine rings is 1. The molecule has 0 aromatic rings. The van der Waals surface area contributed by atoms with E-state index in [4.69, 9.17) is 4.74 Å².